The zero-order valence-corrected chi connectivity index (χ0v) is 14.9. The second kappa shape index (κ2) is 6.77. The Bertz CT molecular complexity index is 727. The van der Waals surface area contributed by atoms with E-state index in [4.69, 9.17) is 9.47 Å². The number of ether oxygens (including phenoxy) is 2. The third-order valence-corrected chi connectivity index (χ3v) is 4.80. The van der Waals surface area contributed by atoms with Gasteiger partial charge in [-0.3, -0.25) is 0 Å². The molecule has 3 aromatic rings. The van der Waals surface area contributed by atoms with Crippen LogP contribution in [0.2, 0.25) is 0 Å². The Balaban J connectivity index is 1.54. The van der Waals surface area contributed by atoms with Crippen LogP contribution in [0.4, 0.5) is 0 Å². The van der Waals surface area contributed by atoms with E-state index < -0.39 is 0 Å². The lowest BCUT2D eigenvalue weighted by molar-refractivity contribution is 0.216. The molecule has 0 N–H and O–H groups in total. The molecule has 0 saturated carbocycles. The van der Waals surface area contributed by atoms with Gasteiger partial charge in [0.1, 0.15) is 19.0 Å². The van der Waals surface area contributed by atoms with Gasteiger partial charge in [0.25, 0.3) is 5.19 Å². The number of hydrogen-bond donors (Lipinski definition) is 0. The number of rotatable bonds is 5. The van der Waals surface area contributed by atoms with E-state index in [9.17, 15) is 0 Å². The molecule has 0 unspecified atom stereocenters. The van der Waals surface area contributed by atoms with Crippen molar-refractivity contribution in [3.63, 3.8) is 0 Å². The molecule has 0 aliphatic heterocycles. The Hall–Kier alpha value is -1.11. The second-order valence-electron chi connectivity index (χ2n) is 4.22. The first-order valence-corrected chi connectivity index (χ1v) is 8.69. The zero-order valence-electron chi connectivity index (χ0n) is 10.9. The van der Waals surface area contributed by atoms with Gasteiger partial charge in [0, 0.05) is 4.47 Å². The molecule has 108 valence electrons. The van der Waals surface area contributed by atoms with Crippen molar-refractivity contribution in [3.05, 3.63) is 51.4 Å². The number of fused-ring (bicyclic) bond motifs is 1. The lowest BCUT2D eigenvalue weighted by Gasteiger charge is -2.08. The molecule has 0 fully saturated rings. The number of nitrogens with zero attached hydrogens (tertiary/aromatic N) is 1. The Kier molecular flexibility index (Phi) is 4.77. The van der Waals surface area contributed by atoms with Crippen LogP contribution in [0.1, 0.15) is 0 Å². The Morgan fingerprint density at radius 3 is 2.62 bits per heavy atom. The van der Waals surface area contributed by atoms with Crippen molar-refractivity contribution in [3.8, 4) is 10.9 Å². The first-order chi connectivity index (χ1) is 10.2. The number of halogens is 2. The van der Waals surface area contributed by atoms with Crippen molar-refractivity contribution in [2.24, 2.45) is 0 Å². The molecule has 21 heavy (non-hydrogen) atoms. The normalized spacial score (nSPS) is 10.8. The standard InChI is InChI=1S/C15H11Br2NO2S/c16-10-5-6-13(11(17)9-10)19-7-8-20-15-18-12-3-1-2-4-14(12)21-15/h1-6,9H,7-8H2. The van der Waals surface area contributed by atoms with Crippen LogP contribution in [0.15, 0.2) is 51.4 Å². The van der Waals surface area contributed by atoms with Gasteiger partial charge in [-0.25, -0.2) is 4.98 Å². The highest BCUT2D eigenvalue weighted by Gasteiger charge is 2.05. The zero-order chi connectivity index (χ0) is 14.7. The highest BCUT2D eigenvalue weighted by atomic mass is 79.9. The molecular weight excluding hydrogens is 418 g/mol. The van der Waals surface area contributed by atoms with Gasteiger partial charge in [-0.05, 0) is 46.3 Å². The van der Waals surface area contributed by atoms with Gasteiger partial charge in [0.05, 0.1) is 14.7 Å². The Morgan fingerprint density at radius 2 is 1.81 bits per heavy atom. The molecule has 0 aliphatic carbocycles. The quantitative estimate of drug-likeness (QED) is 0.518. The fraction of sp³-hybridized carbons (Fsp3) is 0.133. The summed E-state index contributed by atoms with van der Waals surface area (Å²) in [6.45, 7) is 0.929. The first-order valence-electron chi connectivity index (χ1n) is 6.28. The van der Waals surface area contributed by atoms with Gasteiger partial charge in [0.15, 0.2) is 0 Å². The predicted octanol–water partition coefficient (Wildman–Crippen LogP) is 5.28. The molecule has 0 spiro atoms. The van der Waals surface area contributed by atoms with Crippen LogP contribution >= 0.6 is 43.2 Å². The topological polar surface area (TPSA) is 31.4 Å². The number of para-hydroxylation sites is 1. The monoisotopic (exact) mass is 427 g/mol. The van der Waals surface area contributed by atoms with Gasteiger partial charge in [-0.15, -0.1) is 0 Å². The molecule has 6 heteroatoms. The fourth-order valence-corrected chi connectivity index (χ4v) is 3.79. The second-order valence-corrected chi connectivity index (χ2v) is 6.98. The maximum atomic E-state index is 5.67. The average Bonchev–Trinajstić information content (AvgIpc) is 2.88. The third kappa shape index (κ3) is 3.75. The third-order valence-electron chi connectivity index (χ3n) is 2.73. The summed E-state index contributed by atoms with van der Waals surface area (Å²) >= 11 is 8.41. The fourth-order valence-electron chi connectivity index (χ4n) is 1.79. The van der Waals surface area contributed by atoms with E-state index in [0.29, 0.717) is 18.4 Å². The average molecular weight is 429 g/mol. The maximum absolute atomic E-state index is 5.67. The summed E-state index contributed by atoms with van der Waals surface area (Å²) < 4.78 is 14.4. The summed E-state index contributed by atoms with van der Waals surface area (Å²) in [6.07, 6.45) is 0. The summed E-state index contributed by atoms with van der Waals surface area (Å²) in [5.74, 6) is 0.797. The summed E-state index contributed by atoms with van der Waals surface area (Å²) in [4.78, 5) is 4.41. The van der Waals surface area contributed by atoms with Crippen LogP contribution in [0.25, 0.3) is 10.2 Å². The van der Waals surface area contributed by atoms with E-state index in [1.165, 1.54) is 0 Å². The summed E-state index contributed by atoms with van der Waals surface area (Å²) in [5.41, 5.74) is 0.967. The van der Waals surface area contributed by atoms with Crippen molar-refractivity contribution in [1.29, 1.82) is 0 Å². The van der Waals surface area contributed by atoms with E-state index in [-0.39, 0.29) is 0 Å². The molecule has 0 radical (unpaired) electrons. The van der Waals surface area contributed by atoms with Crippen molar-refractivity contribution in [2.45, 2.75) is 0 Å². The minimum absolute atomic E-state index is 0.461. The van der Waals surface area contributed by atoms with Crippen molar-refractivity contribution in [2.75, 3.05) is 13.2 Å². The molecule has 3 nitrogen and oxygen atoms in total. The van der Waals surface area contributed by atoms with E-state index in [1.54, 1.807) is 11.3 Å². The molecule has 0 atom stereocenters. The number of thiazole rings is 1. The minimum Gasteiger partial charge on any atom is -0.489 e. The Labute approximate surface area is 143 Å². The largest absolute Gasteiger partial charge is 0.489 e. The molecule has 1 heterocycles. The molecule has 3 rings (SSSR count). The van der Waals surface area contributed by atoms with Gasteiger partial charge in [-0.1, -0.05) is 39.4 Å². The van der Waals surface area contributed by atoms with E-state index in [0.717, 1.165) is 24.9 Å². The maximum Gasteiger partial charge on any atom is 0.274 e. The van der Waals surface area contributed by atoms with Gasteiger partial charge in [0.2, 0.25) is 0 Å². The van der Waals surface area contributed by atoms with Crippen molar-refractivity contribution in [1.82, 2.24) is 4.98 Å². The van der Waals surface area contributed by atoms with E-state index in [2.05, 4.69) is 36.8 Å². The van der Waals surface area contributed by atoms with Crippen LogP contribution in [0, 0.1) is 0 Å². The van der Waals surface area contributed by atoms with Crippen molar-refractivity contribution >= 4 is 53.4 Å². The molecule has 0 bridgehead atoms. The molecule has 0 amide bonds. The van der Waals surface area contributed by atoms with Gasteiger partial charge >= 0.3 is 0 Å². The lowest BCUT2D eigenvalue weighted by atomic mass is 10.3. The number of hydrogen-bond acceptors (Lipinski definition) is 4. The van der Waals surface area contributed by atoms with E-state index in [1.807, 2.05) is 42.5 Å². The number of benzene rings is 2. The van der Waals surface area contributed by atoms with E-state index >= 15 is 0 Å². The van der Waals surface area contributed by atoms with Crippen LogP contribution in [0.5, 0.6) is 10.9 Å². The van der Waals surface area contributed by atoms with Crippen LogP contribution in [-0.4, -0.2) is 18.2 Å². The molecule has 0 aliphatic rings. The highest BCUT2D eigenvalue weighted by molar-refractivity contribution is 9.11. The molecule has 2 aromatic carbocycles. The lowest BCUT2D eigenvalue weighted by Crippen LogP contribution is -2.09. The smallest absolute Gasteiger partial charge is 0.274 e. The number of aromatic nitrogens is 1. The minimum atomic E-state index is 0.461. The first kappa shape index (κ1) is 14.8. The summed E-state index contributed by atoms with van der Waals surface area (Å²) in [7, 11) is 0. The predicted molar refractivity (Wildman–Crippen MR) is 92.5 cm³/mol. The molecular formula is C15H11Br2NO2S. The summed E-state index contributed by atoms with van der Waals surface area (Å²) in [5, 5.41) is 0.676. The van der Waals surface area contributed by atoms with Crippen LogP contribution < -0.4 is 9.47 Å². The van der Waals surface area contributed by atoms with Crippen molar-refractivity contribution < 1.29 is 9.47 Å². The van der Waals surface area contributed by atoms with Gasteiger partial charge < -0.3 is 9.47 Å². The molecule has 0 saturated heterocycles. The SMILES string of the molecule is Brc1ccc(OCCOc2nc3ccccc3s2)c(Br)c1. The van der Waals surface area contributed by atoms with Crippen LogP contribution in [-0.2, 0) is 0 Å². The summed E-state index contributed by atoms with van der Waals surface area (Å²) in [6, 6.07) is 13.8. The molecule has 1 aromatic heterocycles. The van der Waals surface area contributed by atoms with Gasteiger partial charge in [-0.2, -0.15) is 0 Å². The highest BCUT2D eigenvalue weighted by Crippen LogP contribution is 2.29. The van der Waals surface area contributed by atoms with Crippen LogP contribution in [0.3, 0.4) is 0 Å². The Morgan fingerprint density at radius 1 is 1.00 bits per heavy atom.